The molecule has 3 heterocycles. The molecule has 10 amide bonds. The quantitative estimate of drug-likeness (QED) is 0.0195. The van der Waals surface area contributed by atoms with Gasteiger partial charge in [0.25, 0.3) is 0 Å². The summed E-state index contributed by atoms with van der Waals surface area (Å²) in [6, 6.07) is -3.40. The van der Waals surface area contributed by atoms with Gasteiger partial charge in [-0.3, -0.25) is 95.9 Å². The number of carbonyl (C=O) groups excluding carboxylic acids is 19. The molecule has 49 nitrogen and oxygen atoms in total. The molecule has 0 aliphatic carbocycles. The van der Waals surface area contributed by atoms with Crippen molar-refractivity contribution in [1.29, 1.82) is 0 Å². The van der Waals surface area contributed by atoms with Gasteiger partial charge in [-0.2, -0.15) is 0 Å². The van der Waals surface area contributed by atoms with E-state index in [0.29, 0.717) is 96.7 Å². The van der Waals surface area contributed by atoms with Crippen molar-refractivity contribution in [2.75, 3.05) is 119 Å². The second-order valence-electron chi connectivity index (χ2n) is 32.3. The Morgan fingerprint density at radius 2 is 0.515 bits per heavy atom. The number of esters is 9. The first-order chi connectivity index (χ1) is 64.6. The minimum Gasteiger partial charge on any atom is -0.481 e. The van der Waals surface area contributed by atoms with Crippen molar-refractivity contribution < 1.29 is 186 Å². The van der Waals surface area contributed by atoms with Crippen molar-refractivity contribution in [2.24, 2.45) is 0 Å². The third-order valence-electron chi connectivity index (χ3n) is 20.0. The Balaban J connectivity index is 1.59. The summed E-state index contributed by atoms with van der Waals surface area (Å²) in [7, 11) is 0. The molecule has 772 valence electrons. The maximum Gasteiger partial charge on any atom is 0.303 e. The summed E-state index contributed by atoms with van der Waals surface area (Å²) < 4.78 is 102. The van der Waals surface area contributed by atoms with Crippen molar-refractivity contribution >= 4 is 119 Å². The minimum atomic E-state index is -1.61. The van der Waals surface area contributed by atoms with E-state index in [1.807, 2.05) is 0 Å². The van der Waals surface area contributed by atoms with Crippen LogP contribution in [-0.2, 0) is 181 Å². The maximum absolute atomic E-state index is 13.6. The first kappa shape index (κ1) is 119. The molecule has 3 rings (SSSR count). The number of hydrogen-bond donors (Lipinski definition) is 11. The fraction of sp³-hybridized carbons (Fsp3) is 0.770. The van der Waals surface area contributed by atoms with Crippen LogP contribution < -0.4 is 53.2 Å². The van der Waals surface area contributed by atoms with Gasteiger partial charge in [0.1, 0.15) is 61.8 Å². The van der Waals surface area contributed by atoms with Crippen LogP contribution in [0.15, 0.2) is 0 Å². The van der Waals surface area contributed by atoms with Crippen molar-refractivity contribution in [3.63, 3.8) is 0 Å². The first-order valence-corrected chi connectivity index (χ1v) is 45.5. The van der Waals surface area contributed by atoms with E-state index in [9.17, 15) is 101 Å². The molecule has 0 radical (unpaired) electrons. The Morgan fingerprint density at radius 3 is 0.765 bits per heavy atom. The van der Waals surface area contributed by atoms with Gasteiger partial charge in [-0.1, -0.05) is 38.5 Å². The van der Waals surface area contributed by atoms with E-state index in [1.54, 1.807) is 0 Å². The van der Waals surface area contributed by atoms with Gasteiger partial charge in [0.2, 0.25) is 59.1 Å². The molecule has 0 saturated carbocycles. The van der Waals surface area contributed by atoms with Crippen molar-refractivity contribution in [1.82, 2.24) is 53.2 Å². The normalized spacial score (nSPS) is 21.1. The molecule has 3 fully saturated rings. The molecular weight excluding hydrogens is 1810 g/mol. The zero-order chi connectivity index (χ0) is 101. The SMILES string of the molecule is CC(=O)N[C@H]1[C@H](OCCCCCCNC(=O)CCNC(=O)CCOCC(COCCC(=O)NCCC(=O)NCCCCCCO[C@@H]2O[C@H](COC(C)=O)[C@H](OC(C)=O)[C@H](OC(C)=O)[C@H]2NC(C)=O)(COCCC(=O)NCCC(=O)NCCCCCCO[C@@H]2O[C@H](COC(C)=O)[C@H](OC(C)=O)[C@H](OC(C)=O)[C@H]2NC(C)=O)NC(=O)CCCC(=O)O)O[C@H](COC(C)=O)[C@H](OC(C)=O)[C@@H]1OC(C)=O. The average Bonchev–Trinajstić information content (AvgIpc) is 0.793. The van der Waals surface area contributed by atoms with Crippen molar-refractivity contribution in [3.8, 4) is 0 Å². The lowest BCUT2D eigenvalue weighted by Crippen LogP contribution is -2.66. The zero-order valence-electron chi connectivity index (χ0n) is 79.7. The summed E-state index contributed by atoms with van der Waals surface area (Å²) >= 11 is 0. The van der Waals surface area contributed by atoms with Gasteiger partial charge < -0.3 is 144 Å². The number of ether oxygens (including phenoxy) is 18. The molecule has 3 aliphatic rings. The third-order valence-corrected chi connectivity index (χ3v) is 20.0. The number of hydrogen-bond acceptors (Lipinski definition) is 38. The lowest BCUT2D eigenvalue weighted by molar-refractivity contribution is -0.277. The number of aliphatic carboxylic acids is 1. The van der Waals surface area contributed by atoms with Crippen LogP contribution in [-0.4, -0.2) is 340 Å². The molecule has 0 spiro atoms. The maximum atomic E-state index is 13.6. The number of nitrogens with one attached hydrogen (secondary N) is 10. The summed E-state index contributed by atoms with van der Waals surface area (Å²) in [5.41, 5.74) is -1.61. The van der Waals surface area contributed by atoms with Gasteiger partial charge in [-0.15, -0.1) is 0 Å². The van der Waals surface area contributed by atoms with E-state index >= 15 is 0 Å². The van der Waals surface area contributed by atoms with Crippen molar-refractivity contribution in [2.45, 2.75) is 315 Å². The number of carbonyl (C=O) groups is 20. The highest BCUT2D eigenvalue weighted by atomic mass is 16.7. The summed E-state index contributed by atoms with van der Waals surface area (Å²) in [6.45, 7) is 11.7. The third kappa shape index (κ3) is 52.9. The van der Waals surface area contributed by atoms with Gasteiger partial charge in [0.15, 0.2) is 55.5 Å². The summed E-state index contributed by atoms with van der Waals surface area (Å²) in [6.07, 6.45) is -9.71. The Morgan fingerprint density at radius 1 is 0.265 bits per heavy atom. The molecule has 0 aromatic heterocycles. The monoisotopic (exact) mass is 1950 g/mol. The Hall–Kier alpha value is -11.0. The number of amides is 10. The fourth-order valence-electron chi connectivity index (χ4n) is 14.1. The number of carboxylic acids is 1. The molecule has 136 heavy (non-hydrogen) atoms. The predicted molar refractivity (Wildman–Crippen MR) is 466 cm³/mol. The number of unbranched alkanes of at least 4 members (excludes halogenated alkanes) is 9. The Labute approximate surface area is 789 Å². The molecule has 0 bridgehead atoms. The Kier molecular flexibility index (Phi) is 59.0. The van der Waals surface area contributed by atoms with Gasteiger partial charge in [0, 0.05) is 194 Å². The number of rotatable bonds is 68. The molecule has 0 unspecified atom stereocenters. The summed E-state index contributed by atoms with van der Waals surface area (Å²) in [5, 5.41) is 36.4. The van der Waals surface area contributed by atoms with E-state index in [4.69, 9.17) is 85.3 Å². The van der Waals surface area contributed by atoms with E-state index in [2.05, 4.69) is 53.2 Å². The van der Waals surface area contributed by atoms with Crippen LogP contribution in [0.5, 0.6) is 0 Å². The molecule has 0 aromatic carbocycles. The van der Waals surface area contributed by atoms with E-state index < -0.39 is 238 Å². The average molecular weight is 1950 g/mol. The van der Waals surface area contributed by atoms with Crippen LogP contribution in [0, 0.1) is 0 Å². The highest BCUT2D eigenvalue weighted by Gasteiger charge is 2.55. The lowest BCUT2D eigenvalue weighted by Gasteiger charge is -2.44. The highest BCUT2D eigenvalue weighted by Crippen LogP contribution is 2.32. The topological polar surface area (TPSA) is 648 Å². The van der Waals surface area contributed by atoms with Crippen molar-refractivity contribution in [3.05, 3.63) is 0 Å². The van der Waals surface area contributed by atoms with Gasteiger partial charge in [-0.05, 0) is 44.9 Å². The van der Waals surface area contributed by atoms with Gasteiger partial charge in [0.05, 0.1) is 39.6 Å². The molecular formula is C87H140N10O39. The van der Waals surface area contributed by atoms with Crippen LogP contribution in [0.2, 0.25) is 0 Å². The van der Waals surface area contributed by atoms with E-state index in [1.165, 1.54) is 20.8 Å². The zero-order valence-corrected chi connectivity index (χ0v) is 79.7. The minimum absolute atomic E-state index is 0.0568. The molecule has 11 N–H and O–H groups in total. The van der Waals surface area contributed by atoms with E-state index in [-0.39, 0.29) is 135 Å². The van der Waals surface area contributed by atoms with E-state index in [0.717, 1.165) is 62.3 Å². The van der Waals surface area contributed by atoms with Crippen LogP contribution in [0.3, 0.4) is 0 Å². The second kappa shape index (κ2) is 67.3. The molecule has 49 heteroatoms. The van der Waals surface area contributed by atoms with Crippen LogP contribution >= 0.6 is 0 Å². The van der Waals surface area contributed by atoms with Gasteiger partial charge >= 0.3 is 59.7 Å². The molecule has 15 atom stereocenters. The predicted octanol–water partition coefficient (Wildman–Crippen LogP) is -1.12. The van der Waals surface area contributed by atoms with Crippen LogP contribution in [0.4, 0.5) is 0 Å². The highest BCUT2D eigenvalue weighted by molar-refractivity contribution is 5.82. The van der Waals surface area contributed by atoms with Crippen LogP contribution in [0.1, 0.15) is 218 Å². The standard InChI is InChI=1S/C87H140N10O39/c1-52(98)94-75-81(131-61(10)107)78(128-58(7)104)64(46-125-55(4)101)134-84(75)122-40-22-16-13-19-34-88-67(110)28-37-91-70(113)31-43-119-49-87(97-73(116)26-25-27-74(117)118,50-120-44-32-71(114)92-38-29-68(111)89-35-20-14-17-23-41-123-85-76(95-53(2)99)82(132-62(11)108)79(129-59(8)105)65(135-85)47-126-56(5)102)51-121-45-33-72(115)93-39-30-69(112)90-36-21-15-18-24-42-124-86-77(96-54(3)100)83(133-63(12)109)80(130-60(9)106)66(136-86)48-127-57(6)103/h64-66,75-86H,13-51H2,1-12H3,(H,88,110)(H,89,111)(H,90,112)(H,91,113)(H,92,114)(H,93,115)(H,94,98)(H,95,99)(H,96,100)(H,97,116)(H,117,118)/t64-,65-,66-,75-,76-,77-,78+,79+,80+,81-,82-,83-,84-,85-,86-/m1/s1. The van der Waals surface area contributed by atoms with Crippen LogP contribution in [0.25, 0.3) is 0 Å². The number of carboxylic acid groups (broad SMARTS) is 1. The summed E-state index contributed by atoms with van der Waals surface area (Å²) in [5.74, 6) is -12.6. The summed E-state index contributed by atoms with van der Waals surface area (Å²) in [4.78, 5) is 248. The molecule has 3 aliphatic heterocycles. The second-order valence-corrected chi connectivity index (χ2v) is 32.3. The Bertz CT molecular complexity index is 3490. The molecule has 3 saturated heterocycles. The lowest BCUT2D eigenvalue weighted by atomic mass is 9.96. The first-order valence-electron chi connectivity index (χ1n) is 45.5. The molecule has 0 aromatic rings. The smallest absolute Gasteiger partial charge is 0.303 e. The van der Waals surface area contributed by atoms with Gasteiger partial charge in [-0.25, -0.2) is 0 Å². The largest absolute Gasteiger partial charge is 0.481 e. The fourth-order valence-corrected chi connectivity index (χ4v) is 14.1.